The van der Waals surface area contributed by atoms with Crippen LogP contribution in [0.25, 0.3) is 0 Å². The first-order valence-corrected chi connectivity index (χ1v) is 12.0. The molecule has 0 spiro atoms. The molecular weight excluding hydrogens is 430 g/mol. The molecule has 184 valence electrons. The van der Waals surface area contributed by atoms with Crippen molar-refractivity contribution in [1.29, 1.82) is 0 Å². The second kappa shape index (κ2) is 9.40. The quantitative estimate of drug-likeness (QED) is 0.430. The maximum atomic E-state index is 13.4. The lowest BCUT2D eigenvalue weighted by Gasteiger charge is -2.42. The van der Waals surface area contributed by atoms with Gasteiger partial charge in [-0.15, -0.1) is 0 Å². The number of fused-ring (bicyclic) bond motifs is 1. The highest BCUT2D eigenvalue weighted by Crippen LogP contribution is 2.46. The first-order valence-electron chi connectivity index (χ1n) is 12.0. The monoisotopic (exact) mass is 467 g/mol. The summed E-state index contributed by atoms with van der Waals surface area (Å²) < 4.78 is 10.5. The van der Waals surface area contributed by atoms with Crippen molar-refractivity contribution in [1.82, 2.24) is 5.32 Å². The van der Waals surface area contributed by atoms with E-state index in [-0.39, 0.29) is 34.1 Å². The van der Waals surface area contributed by atoms with Crippen molar-refractivity contribution in [2.45, 2.75) is 84.6 Å². The molecule has 1 unspecified atom stereocenters. The topological polar surface area (TPSA) is 85.6 Å². The maximum Gasteiger partial charge on any atom is 0.328 e. The minimum Gasteiger partial charge on any atom is -0.467 e. The van der Waals surface area contributed by atoms with E-state index < -0.39 is 17.9 Å². The largest absolute Gasteiger partial charge is 0.467 e. The molecular formula is C28H37NO5. The van der Waals surface area contributed by atoms with E-state index in [1.165, 1.54) is 30.4 Å². The van der Waals surface area contributed by atoms with E-state index in [1.807, 2.05) is 26.8 Å². The summed E-state index contributed by atoms with van der Waals surface area (Å²) in [6, 6.07) is 6.34. The second-order valence-electron chi connectivity index (χ2n) is 11.2. The van der Waals surface area contributed by atoms with Crippen LogP contribution in [0.2, 0.25) is 0 Å². The molecule has 6 nitrogen and oxygen atoms in total. The van der Waals surface area contributed by atoms with Gasteiger partial charge in [0.15, 0.2) is 11.5 Å². The number of hydrogen-bond donors (Lipinski definition) is 1. The third-order valence-corrected chi connectivity index (χ3v) is 6.99. The standard InChI is InChI=1S/C28H37NO5/c1-16(2)13-21(26(32)33-8)29-25(31)23-10-9-22(34-23)24(30)18-15-20-19(14-17(18)3)27(4,5)11-12-28(20,6)7/h9-10,14-16,21H,11-13H2,1-8H3,(H,29,31). The highest BCUT2D eigenvalue weighted by molar-refractivity contribution is 6.09. The van der Waals surface area contributed by atoms with Gasteiger partial charge in [0.05, 0.1) is 7.11 Å². The SMILES string of the molecule is COC(=O)C(CC(C)C)NC(=O)c1ccc(C(=O)c2cc3c(cc2C)C(C)(C)CCC3(C)C)o1. The molecule has 1 heterocycles. The van der Waals surface area contributed by atoms with Crippen LogP contribution in [0.15, 0.2) is 28.7 Å². The maximum absolute atomic E-state index is 13.4. The molecule has 1 aromatic heterocycles. The van der Waals surface area contributed by atoms with E-state index in [9.17, 15) is 14.4 Å². The Morgan fingerprint density at radius 1 is 1.00 bits per heavy atom. The van der Waals surface area contributed by atoms with Crippen molar-refractivity contribution in [2.75, 3.05) is 7.11 Å². The average Bonchev–Trinajstić information content (AvgIpc) is 3.25. The Morgan fingerprint density at radius 3 is 2.12 bits per heavy atom. The van der Waals surface area contributed by atoms with Gasteiger partial charge in [0.1, 0.15) is 6.04 Å². The Balaban J connectivity index is 1.88. The van der Waals surface area contributed by atoms with Crippen molar-refractivity contribution in [3.63, 3.8) is 0 Å². The molecule has 3 rings (SSSR count). The molecule has 6 heteroatoms. The Labute approximate surface area is 202 Å². The van der Waals surface area contributed by atoms with Crippen LogP contribution in [0.3, 0.4) is 0 Å². The zero-order valence-electron chi connectivity index (χ0n) is 21.6. The molecule has 0 radical (unpaired) electrons. The summed E-state index contributed by atoms with van der Waals surface area (Å²) >= 11 is 0. The van der Waals surface area contributed by atoms with Crippen LogP contribution in [0.1, 0.15) is 104 Å². The number of furan rings is 1. The van der Waals surface area contributed by atoms with Gasteiger partial charge in [-0.05, 0) is 77.8 Å². The van der Waals surface area contributed by atoms with Gasteiger partial charge in [0.2, 0.25) is 5.78 Å². The highest BCUT2D eigenvalue weighted by atomic mass is 16.5. The van der Waals surface area contributed by atoms with Crippen molar-refractivity contribution in [3.05, 3.63) is 58.0 Å². The fourth-order valence-corrected chi connectivity index (χ4v) is 4.74. The molecule has 34 heavy (non-hydrogen) atoms. The lowest BCUT2D eigenvalue weighted by molar-refractivity contribution is -0.143. The minimum absolute atomic E-state index is 0.0157. The number of nitrogens with one attached hydrogen (secondary N) is 1. The number of aryl methyl sites for hydroxylation is 1. The van der Waals surface area contributed by atoms with E-state index >= 15 is 0 Å². The molecule has 0 saturated carbocycles. The number of ketones is 1. The third-order valence-electron chi connectivity index (χ3n) is 6.99. The normalized spacial score (nSPS) is 17.1. The molecule has 0 saturated heterocycles. The molecule has 1 aromatic carbocycles. The van der Waals surface area contributed by atoms with Gasteiger partial charge in [-0.2, -0.15) is 0 Å². The highest BCUT2D eigenvalue weighted by Gasteiger charge is 2.38. The van der Waals surface area contributed by atoms with Crippen LogP contribution in [0.5, 0.6) is 0 Å². The lowest BCUT2D eigenvalue weighted by Crippen LogP contribution is -2.42. The predicted octanol–water partition coefficient (Wildman–Crippen LogP) is 5.49. The summed E-state index contributed by atoms with van der Waals surface area (Å²) in [6.45, 7) is 14.8. The van der Waals surface area contributed by atoms with Gasteiger partial charge in [-0.25, -0.2) is 4.79 Å². The average molecular weight is 468 g/mol. The van der Waals surface area contributed by atoms with Crippen LogP contribution in [0, 0.1) is 12.8 Å². The van der Waals surface area contributed by atoms with Crippen LogP contribution in [0.4, 0.5) is 0 Å². The third kappa shape index (κ3) is 5.11. The van der Waals surface area contributed by atoms with Crippen molar-refractivity contribution >= 4 is 17.7 Å². The van der Waals surface area contributed by atoms with Crippen molar-refractivity contribution < 1.29 is 23.5 Å². The summed E-state index contributed by atoms with van der Waals surface area (Å²) in [5.41, 5.74) is 3.98. The van der Waals surface area contributed by atoms with Gasteiger partial charge < -0.3 is 14.5 Å². The number of esters is 1. The number of carbonyl (C=O) groups excluding carboxylic acids is 3. The van der Waals surface area contributed by atoms with E-state index in [0.29, 0.717) is 12.0 Å². The minimum atomic E-state index is -0.782. The van der Waals surface area contributed by atoms with Crippen LogP contribution < -0.4 is 5.32 Å². The number of methoxy groups -OCH3 is 1. The molecule has 0 fully saturated rings. The number of ether oxygens (including phenoxy) is 1. The van der Waals surface area contributed by atoms with Crippen molar-refractivity contribution in [2.24, 2.45) is 5.92 Å². The zero-order valence-corrected chi connectivity index (χ0v) is 21.6. The molecule has 0 bridgehead atoms. The van der Waals surface area contributed by atoms with E-state index in [0.717, 1.165) is 18.4 Å². The summed E-state index contributed by atoms with van der Waals surface area (Å²) in [5.74, 6) is -1.07. The van der Waals surface area contributed by atoms with Gasteiger partial charge in [0.25, 0.3) is 5.91 Å². The van der Waals surface area contributed by atoms with Crippen LogP contribution in [-0.2, 0) is 20.4 Å². The molecule has 2 aromatic rings. The Hall–Kier alpha value is -2.89. The molecule has 1 aliphatic carbocycles. The molecule has 1 amide bonds. The van der Waals surface area contributed by atoms with Crippen LogP contribution >= 0.6 is 0 Å². The van der Waals surface area contributed by atoms with E-state index in [1.54, 1.807) is 0 Å². The fraction of sp³-hybridized carbons (Fsp3) is 0.536. The van der Waals surface area contributed by atoms with Gasteiger partial charge in [-0.1, -0.05) is 47.6 Å². The lowest BCUT2D eigenvalue weighted by atomic mass is 9.62. The Kier molecular flexibility index (Phi) is 7.11. The second-order valence-corrected chi connectivity index (χ2v) is 11.2. The fourth-order valence-electron chi connectivity index (χ4n) is 4.74. The molecule has 1 N–H and O–H groups in total. The number of amides is 1. The molecule has 1 atom stereocenters. The number of benzene rings is 1. The predicted molar refractivity (Wildman–Crippen MR) is 131 cm³/mol. The number of carbonyl (C=O) groups is 3. The summed E-state index contributed by atoms with van der Waals surface area (Å²) in [7, 11) is 1.29. The van der Waals surface area contributed by atoms with Crippen LogP contribution in [-0.4, -0.2) is 30.8 Å². The summed E-state index contributed by atoms with van der Waals surface area (Å²) in [5, 5.41) is 2.66. The first kappa shape index (κ1) is 25.7. The van der Waals surface area contributed by atoms with Crippen molar-refractivity contribution in [3.8, 4) is 0 Å². The summed E-state index contributed by atoms with van der Waals surface area (Å²) in [6.07, 6.45) is 2.58. The van der Waals surface area contributed by atoms with Gasteiger partial charge >= 0.3 is 5.97 Å². The Bertz CT molecular complexity index is 1110. The van der Waals surface area contributed by atoms with E-state index in [4.69, 9.17) is 9.15 Å². The molecule has 0 aliphatic heterocycles. The van der Waals surface area contributed by atoms with Gasteiger partial charge in [0, 0.05) is 5.56 Å². The zero-order chi connectivity index (χ0) is 25.4. The molecule has 1 aliphatic rings. The first-order chi connectivity index (χ1) is 15.8. The summed E-state index contributed by atoms with van der Waals surface area (Å²) in [4.78, 5) is 38.1. The number of hydrogen-bond acceptors (Lipinski definition) is 5. The smallest absolute Gasteiger partial charge is 0.328 e. The Morgan fingerprint density at radius 2 is 1.56 bits per heavy atom. The van der Waals surface area contributed by atoms with E-state index in [2.05, 4.69) is 39.1 Å². The van der Waals surface area contributed by atoms with Gasteiger partial charge in [-0.3, -0.25) is 9.59 Å². The number of rotatable bonds is 7.